The maximum absolute atomic E-state index is 4.19. The maximum Gasteiger partial charge on any atom is 0.00975 e. The van der Waals surface area contributed by atoms with Crippen molar-refractivity contribution in [3.05, 3.63) is 6.92 Å². The fraction of sp³-hybridized carbons (Fsp3) is 0.944. The second kappa shape index (κ2) is 11.6. The van der Waals surface area contributed by atoms with Gasteiger partial charge in [0.2, 0.25) is 0 Å². The third-order valence-electron chi connectivity index (χ3n) is 4.60. The molecule has 0 heterocycles. The van der Waals surface area contributed by atoms with E-state index in [2.05, 4.69) is 58.3 Å². The number of rotatable bonds is 12. The van der Waals surface area contributed by atoms with Gasteiger partial charge < -0.3 is 9.80 Å². The van der Waals surface area contributed by atoms with Crippen LogP contribution in [0.3, 0.4) is 0 Å². The number of hydrogen-bond acceptors (Lipinski definition) is 2. The highest BCUT2D eigenvalue weighted by molar-refractivity contribution is 4.75. The summed E-state index contributed by atoms with van der Waals surface area (Å²) in [5.74, 6) is 0.556. The van der Waals surface area contributed by atoms with Gasteiger partial charge in [-0.05, 0) is 58.3 Å². The van der Waals surface area contributed by atoms with Crippen LogP contribution in [-0.4, -0.2) is 48.1 Å². The van der Waals surface area contributed by atoms with Gasteiger partial charge in [-0.3, -0.25) is 0 Å². The van der Waals surface area contributed by atoms with Gasteiger partial charge in [0.05, 0.1) is 0 Å². The molecule has 0 rings (SSSR count). The third kappa shape index (κ3) is 7.64. The highest BCUT2D eigenvalue weighted by atomic mass is 15.1. The first-order chi connectivity index (χ1) is 9.49. The Hall–Kier alpha value is -0.0800. The molecular weight excluding hydrogens is 244 g/mol. The van der Waals surface area contributed by atoms with Crippen molar-refractivity contribution in [3.63, 3.8) is 0 Å². The molecule has 121 valence electrons. The van der Waals surface area contributed by atoms with Crippen LogP contribution in [0, 0.1) is 12.8 Å². The first-order valence-corrected chi connectivity index (χ1v) is 8.81. The van der Waals surface area contributed by atoms with Crippen molar-refractivity contribution in [1.82, 2.24) is 9.80 Å². The fourth-order valence-electron chi connectivity index (χ4n) is 3.33. The van der Waals surface area contributed by atoms with Crippen LogP contribution < -0.4 is 0 Å². The Labute approximate surface area is 128 Å². The molecule has 3 unspecified atom stereocenters. The monoisotopic (exact) mass is 283 g/mol. The lowest BCUT2D eigenvalue weighted by atomic mass is 9.96. The Morgan fingerprint density at radius 2 is 1.30 bits per heavy atom. The zero-order chi connectivity index (χ0) is 15.5. The van der Waals surface area contributed by atoms with Gasteiger partial charge in [0, 0.05) is 12.1 Å². The van der Waals surface area contributed by atoms with Crippen molar-refractivity contribution < 1.29 is 0 Å². The van der Waals surface area contributed by atoms with Crippen LogP contribution in [-0.2, 0) is 0 Å². The first kappa shape index (κ1) is 19.9. The van der Waals surface area contributed by atoms with Gasteiger partial charge in [-0.15, -0.1) is 0 Å². The quantitative estimate of drug-likeness (QED) is 0.522. The van der Waals surface area contributed by atoms with Gasteiger partial charge >= 0.3 is 0 Å². The number of nitrogens with zero attached hydrogens (tertiary/aromatic N) is 2. The van der Waals surface area contributed by atoms with Crippen LogP contribution >= 0.6 is 0 Å². The van der Waals surface area contributed by atoms with Gasteiger partial charge in [-0.25, -0.2) is 0 Å². The lowest BCUT2D eigenvalue weighted by Gasteiger charge is -2.32. The van der Waals surface area contributed by atoms with Crippen LogP contribution in [0.5, 0.6) is 0 Å². The van der Waals surface area contributed by atoms with E-state index in [0.29, 0.717) is 5.92 Å². The topological polar surface area (TPSA) is 6.48 Å². The molecule has 20 heavy (non-hydrogen) atoms. The zero-order valence-corrected chi connectivity index (χ0v) is 15.0. The van der Waals surface area contributed by atoms with Crippen LogP contribution in [0.4, 0.5) is 0 Å². The second-order valence-corrected chi connectivity index (χ2v) is 6.22. The predicted octanol–water partition coefficient (Wildman–Crippen LogP) is 4.46. The Morgan fingerprint density at radius 3 is 1.70 bits per heavy atom. The summed E-state index contributed by atoms with van der Waals surface area (Å²) in [6.07, 6.45) is 5.23. The molecule has 0 saturated heterocycles. The molecule has 3 atom stereocenters. The molecule has 0 aliphatic carbocycles. The number of hydrogen-bond donors (Lipinski definition) is 0. The highest BCUT2D eigenvalue weighted by Gasteiger charge is 2.18. The lowest BCUT2D eigenvalue weighted by Crippen LogP contribution is -2.37. The largest absolute Gasteiger partial charge is 0.301 e. The Bertz CT molecular complexity index is 207. The van der Waals surface area contributed by atoms with E-state index in [9.17, 15) is 0 Å². The minimum Gasteiger partial charge on any atom is -0.301 e. The molecule has 0 aromatic rings. The molecule has 1 radical (unpaired) electrons. The van der Waals surface area contributed by atoms with Crippen LogP contribution in [0.2, 0.25) is 0 Å². The third-order valence-corrected chi connectivity index (χ3v) is 4.60. The molecule has 0 bridgehead atoms. The zero-order valence-electron chi connectivity index (χ0n) is 15.0. The molecule has 0 aromatic heterocycles. The van der Waals surface area contributed by atoms with E-state index in [1.807, 2.05) is 0 Å². The van der Waals surface area contributed by atoms with Gasteiger partial charge in [-0.1, -0.05) is 48.0 Å². The first-order valence-electron chi connectivity index (χ1n) is 8.81. The predicted molar refractivity (Wildman–Crippen MR) is 92.1 cm³/mol. The summed E-state index contributed by atoms with van der Waals surface area (Å²) in [4.78, 5) is 5.18. The van der Waals surface area contributed by atoms with Gasteiger partial charge in [-0.2, -0.15) is 0 Å². The van der Waals surface area contributed by atoms with Crippen molar-refractivity contribution in [2.75, 3.05) is 26.2 Å². The molecule has 2 heteroatoms. The Balaban J connectivity index is 4.25. The summed E-state index contributed by atoms with van der Waals surface area (Å²) in [5, 5.41) is 0. The summed E-state index contributed by atoms with van der Waals surface area (Å²) in [6, 6.07) is 1.45. The fourth-order valence-corrected chi connectivity index (χ4v) is 3.33. The SMILES string of the molecule is [CH2]C(C)CC(CCCC(C)N(CC)CC)N(CC)CC. The Morgan fingerprint density at radius 1 is 0.800 bits per heavy atom. The summed E-state index contributed by atoms with van der Waals surface area (Å²) in [6.45, 7) is 22.6. The van der Waals surface area contributed by atoms with Crippen molar-refractivity contribution >= 4 is 0 Å². The average molecular weight is 284 g/mol. The van der Waals surface area contributed by atoms with Crippen molar-refractivity contribution in [1.29, 1.82) is 0 Å². The van der Waals surface area contributed by atoms with E-state index < -0.39 is 0 Å². The summed E-state index contributed by atoms with van der Waals surface area (Å²) in [7, 11) is 0. The molecular formula is C18H39N2. The Kier molecular flexibility index (Phi) is 11.5. The lowest BCUT2D eigenvalue weighted by molar-refractivity contribution is 0.170. The molecule has 0 aliphatic rings. The molecule has 0 amide bonds. The van der Waals surface area contributed by atoms with E-state index >= 15 is 0 Å². The van der Waals surface area contributed by atoms with Crippen LogP contribution in [0.15, 0.2) is 0 Å². The van der Waals surface area contributed by atoms with Crippen molar-refractivity contribution in [2.45, 2.75) is 79.3 Å². The van der Waals surface area contributed by atoms with Crippen LogP contribution in [0.25, 0.3) is 0 Å². The van der Waals surface area contributed by atoms with Crippen molar-refractivity contribution in [3.8, 4) is 0 Å². The molecule has 0 saturated carbocycles. The standard InChI is InChI=1S/C18H39N2/c1-8-19(9-2)17(7)13-12-14-18(15-16(5)6)20(10-3)11-4/h16-18H,5,8-15H2,1-4,6-7H3. The molecule has 0 spiro atoms. The van der Waals surface area contributed by atoms with E-state index in [4.69, 9.17) is 0 Å². The average Bonchev–Trinajstić information content (AvgIpc) is 2.40. The molecule has 0 N–H and O–H groups in total. The van der Waals surface area contributed by atoms with Crippen molar-refractivity contribution in [2.24, 2.45) is 5.92 Å². The normalized spacial score (nSPS) is 15.3. The van der Waals surface area contributed by atoms with Gasteiger partial charge in [0.25, 0.3) is 0 Å². The van der Waals surface area contributed by atoms with Gasteiger partial charge in [0.15, 0.2) is 0 Å². The minimum atomic E-state index is 0.556. The second-order valence-electron chi connectivity index (χ2n) is 6.22. The molecule has 0 fully saturated rings. The van der Waals surface area contributed by atoms with E-state index in [0.717, 1.165) is 12.1 Å². The molecule has 2 nitrogen and oxygen atoms in total. The molecule has 0 aromatic carbocycles. The summed E-state index contributed by atoms with van der Waals surface area (Å²) in [5.41, 5.74) is 0. The van der Waals surface area contributed by atoms with E-state index in [-0.39, 0.29) is 0 Å². The molecule has 0 aliphatic heterocycles. The minimum absolute atomic E-state index is 0.556. The summed E-state index contributed by atoms with van der Waals surface area (Å²) >= 11 is 0. The van der Waals surface area contributed by atoms with E-state index in [1.165, 1.54) is 51.9 Å². The smallest absolute Gasteiger partial charge is 0.00975 e. The van der Waals surface area contributed by atoms with E-state index in [1.54, 1.807) is 0 Å². The van der Waals surface area contributed by atoms with Gasteiger partial charge in [0.1, 0.15) is 0 Å². The highest BCUT2D eigenvalue weighted by Crippen LogP contribution is 2.18. The summed E-state index contributed by atoms with van der Waals surface area (Å²) < 4.78 is 0. The maximum atomic E-state index is 4.19. The van der Waals surface area contributed by atoms with Crippen LogP contribution in [0.1, 0.15) is 67.2 Å².